The zero-order valence-corrected chi connectivity index (χ0v) is 11.6. The maximum absolute atomic E-state index is 6.25. The van der Waals surface area contributed by atoms with Gasteiger partial charge in [-0.2, -0.15) is 0 Å². The van der Waals surface area contributed by atoms with Gasteiger partial charge in [-0.1, -0.05) is 31.0 Å². The van der Waals surface area contributed by atoms with Gasteiger partial charge in [-0.25, -0.2) is 0 Å². The van der Waals surface area contributed by atoms with Crippen LogP contribution in [0, 0.1) is 0 Å². The normalized spacial score (nSPS) is 19.2. The number of ether oxygens (including phenoxy) is 1. The number of hydrogen-bond acceptors (Lipinski definition) is 2. The van der Waals surface area contributed by atoms with Crippen LogP contribution in [0.4, 0.5) is 0 Å². The van der Waals surface area contributed by atoms with E-state index in [2.05, 4.69) is 36.5 Å². The van der Waals surface area contributed by atoms with Crippen molar-refractivity contribution in [2.24, 2.45) is 0 Å². The van der Waals surface area contributed by atoms with Gasteiger partial charge in [0.1, 0.15) is 5.75 Å². The predicted octanol–water partition coefficient (Wildman–Crippen LogP) is 4.07. The van der Waals surface area contributed by atoms with Gasteiger partial charge in [0.25, 0.3) is 0 Å². The van der Waals surface area contributed by atoms with Crippen molar-refractivity contribution in [1.82, 2.24) is 5.32 Å². The molecular weight excluding hydrogens is 222 g/mol. The Bertz CT molecular complexity index is 356. The van der Waals surface area contributed by atoms with Gasteiger partial charge in [0.05, 0.1) is 6.10 Å². The minimum Gasteiger partial charge on any atom is -0.490 e. The third kappa shape index (κ3) is 3.49. The lowest BCUT2D eigenvalue weighted by molar-refractivity contribution is 0.181. The van der Waals surface area contributed by atoms with Crippen LogP contribution in [-0.2, 0) is 0 Å². The first kappa shape index (κ1) is 13.4. The van der Waals surface area contributed by atoms with E-state index in [1.54, 1.807) is 0 Å². The predicted molar refractivity (Wildman–Crippen MR) is 76.0 cm³/mol. The van der Waals surface area contributed by atoms with E-state index < -0.39 is 0 Å². The lowest BCUT2D eigenvalue weighted by Gasteiger charge is -2.21. The van der Waals surface area contributed by atoms with Crippen molar-refractivity contribution in [1.29, 1.82) is 0 Å². The minimum atomic E-state index is 0.340. The number of para-hydroxylation sites is 1. The quantitative estimate of drug-likeness (QED) is 0.810. The van der Waals surface area contributed by atoms with E-state index in [9.17, 15) is 0 Å². The third-order valence-corrected chi connectivity index (χ3v) is 3.91. The molecule has 1 aliphatic carbocycles. The van der Waals surface area contributed by atoms with Crippen molar-refractivity contribution < 1.29 is 4.74 Å². The molecule has 0 radical (unpaired) electrons. The molecule has 0 aliphatic heterocycles. The van der Waals surface area contributed by atoms with Gasteiger partial charge < -0.3 is 10.1 Å². The fraction of sp³-hybridized carbons (Fsp3) is 0.625. The molecule has 1 unspecified atom stereocenters. The SMILES string of the molecule is CNC(C)c1ccccc1OC1CCCCCC1. The molecule has 0 amide bonds. The molecule has 100 valence electrons. The fourth-order valence-electron chi connectivity index (χ4n) is 2.64. The van der Waals surface area contributed by atoms with Crippen molar-refractivity contribution in [3.05, 3.63) is 29.8 Å². The van der Waals surface area contributed by atoms with Gasteiger partial charge in [0, 0.05) is 11.6 Å². The van der Waals surface area contributed by atoms with Crippen molar-refractivity contribution in [2.75, 3.05) is 7.05 Å². The largest absolute Gasteiger partial charge is 0.490 e. The summed E-state index contributed by atoms with van der Waals surface area (Å²) in [6.45, 7) is 2.18. The Hall–Kier alpha value is -1.02. The second-order valence-corrected chi connectivity index (χ2v) is 5.28. The van der Waals surface area contributed by atoms with Crippen molar-refractivity contribution in [2.45, 2.75) is 57.6 Å². The van der Waals surface area contributed by atoms with Crippen LogP contribution in [0.5, 0.6) is 5.75 Å². The Morgan fingerprint density at radius 1 is 1.11 bits per heavy atom. The summed E-state index contributed by atoms with van der Waals surface area (Å²) < 4.78 is 6.25. The molecule has 1 fully saturated rings. The molecule has 2 rings (SSSR count). The summed E-state index contributed by atoms with van der Waals surface area (Å²) in [5, 5.41) is 3.29. The molecule has 1 saturated carbocycles. The molecule has 0 aromatic heterocycles. The average Bonchev–Trinajstić information content (AvgIpc) is 2.67. The highest BCUT2D eigenvalue weighted by Crippen LogP contribution is 2.28. The maximum Gasteiger partial charge on any atom is 0.124 e. The second kappa shape index (κ2) is 6.79. The topological polar surface area (TPSA) is 21.3 Å². The Kier molecular flexibility index (Phi) is 5.06. The molecule has 1 N–H and O–H groups in total. The first-order valence-corrected chi connectivity index (χ1v) is 7.24. The van der Waals surface area contributed by atoms with Crippen LogP contribution in [0.3, 0.4) is 0 Å². The van der Waals surface area contributed by atoms with Crippen LogP contribution in [0.2, 0.25) is 0 Å². The highest BCUT2D eigenvalue weighted by molar-refractivity contribution is 5.35. The summed E-state index contributed by atoms with van der Waals surface area (Å²) in [6.07, 6.45) is 8.20. The zero-order chi connectivity index (χ0) is 12.8. The monoisotopic (exact) mass is 247 g/mol. The highest BCUT2D eigenvalue weighted by atomic mass is 16.5. The number of benzene rings is 1. The van der Waals surface area contributed by atoms with Crippen LogP contribution in [0.25, 0.3) is 0 Å². The molecule has 1 aliphatic rings. The highest BCUT2D eigenvalue weighted by Gasteiger charge is 2.16. The molecule has 2 heteroatoms. The van der Waals surface area contributed by atoms with Crippen LogP contribution < -0.4 is 10.1 Å². The number of rotatable bonds is 4. The van der Waals surface area contributed by atoms with E-state index in [1.807, 2.05) is 7.05 Å². The Balaban J connectivity index is 2.07. The van der Waals surface area contributed by atoms with E-state index in [-0.39, 0.29) is 0 Å². The van der Waals surface area contributed by atoms with Gasteiger partial charge in [-0.05, 0) is 45.7 Å². The molecule has 18 heavy (non-hydrogen) atoms. The van der Waals surface area contributed by atoms with Crippen molar-refractivity contribution in [3.8, 4) is 5.75 Å². The summed E-state index contributed by atoms with van der Waals surface area (Å²) in [5.41, 5.74) is 1.27. The molecule has 1 aromatic carbocycles. The third-order valence-electron chi connectivity index (χ3n) is 3.91. The summed E-state index contributed by atoms with van der Waals surface area (Å²) in [5.74, 6) is 1.06. The first-order chi connectivity index (χ1) is 8.81. The smallest absolute Gasteiger partial charge is 0.124 e. The van der Waals surface area contributed by atoms with Crippen LogP contribution in [0.1, 0.15) is 57.1 Å². The minimum absolute atomic E-state index is 0.340. The van der Waals surface area contributed by atoms with Gasteiger partial charge in [-0.3, -0.25) is 0 Å². The lowest BCUT2D eigenvalue weighted by Crippen LogP contribution is -2.19. The standard InChI is InChI=1S/C16H25NO/c1-13(17-2)15-11-7-8-12-16(15)18-14-9-5-3-4-6-10-14/h7-8,11-14,17H,3-6,9-10H2,1-2H3. The van der Waals surface area contributed by atoms with Crippen molar-refractivity contribution >= 4 is 0 Å². The molecule has 0 heterocycles. The molecule has 1 aromatic rings. The van der Waals surface area contributed by atoms with Gasteiger partial charge >= 0.3 is 0 Å². The van der Waals surface area contributed by atoms with Crippen LogP contribution in [0.15, 0.2) is 24.3 Å². The van der Waals surface area contributed by atoms with E-state index in [0.717, 1.165) is 5.75 Å². The van der Waals surface area contributed by atoms with Gasteiger partial charge in [0.15, 0.2) is 0 Å². The number of nitrogens with one attached hydrogen (secondary N) is 1. The van der Waals surface area contributed by atoms with Gasteiger partial charge in [0.2, 0.25) is 0 Å². The van der Waals surface area contributed by atoms with Gasteiger partial charge in [-0.15, -0.1) is 0 Å². The second-order valence-electron chi connectivity index (χ2n) is 5.28. The molecular formula is C16H25NO. The molecule has 0 saturated heterocycles. The first-order valence-electron chi connectivity index (χ1n) is 7.24. The molecule has 1 atom stereocenters. The van der Waals surface area contributed by atoms with Crippen LogP contribution in [-0.4, -0.2) is 13.2 Å². The Morgan fingerprint density at radius 3 is 2.44 bits per heavy atom. The zero-order valence-electron chi connectivity index (χ0n) is 11.6. The Labute approximate surface area is 111 Å². The van der Waals surface area contributed by atoms with E-state index in [0.29, 0.717) is 12.1 Å². The summed E-state index contributed by atoms with van der Waals surface area (Å²) in [7, 11) is 1.99. The van der Waals surface area contributed by atoms with Crippen LogP contribution >= 0.6 is 0 Å². The fourth-order valence-corrected chi connectivity index (χ4v) is 2.64. The Morgan fingerprint density at radius 2 is 1.78 bits per heavy atom. The molecule has 0 bridgehead atoms. The maximum atomic E-state index is 6.25. The average molecular weight is 247 g/mol. The van der Waals surface area contributed by atoms with E-state index >= 15 is 0 Å². The summed E-state index contributed by atoms with van der Waals surface area (Å²) in [4.78, 5) is 0. The summed E-state index contributed by atoms with van der Waals surface area (Å²) >= 11 is 0. The number of hydrogen-bond donors (Lipinski definition) is 1. The summed E-state index contributed by atoms with van der Waals surface area (Å²) in [6, 6.07) is 8.76. The van der Waals surface area contributed by atoms with E-state index in [4.69, 9.17) is 4.74 Å². The lowest BCUT2D eigenvalue weighted by atomic mass is 10.1. The molecule has 2 nitrogen and oxygen atoms in total. The van der Waals surface area contributed by atoms with Crippen molar-refractivity contribution in [3.63, 3.8) is 0 Å². The molecule has 0 spiro atoms. The van der Waals surface area contributed by atoms with E-state index in [1.165, 1.54) is 44.1 Å².